The molecule has 1 aliphatic rings. The van der Waals surface area contributed by atoms with Crippen LogP contribution in [0.15, 0.2) is 53.6 Å². The van der Waals surface area contributed by atoms with Crippen molar-refractivity contribution >= 4 is 17.4 Å². The number of carbonyl (C=O) groups is 1. The molecule has 3 rings (SSSR count). The molecule has 22 heavy (non-hydrogen) atoms. The van der Waals surface area contributed by atoms with E-state index in [0.29, 0.717) is 11.6 Å². The minimum absolute atomic E-state index is 0.121. The number of carboxylic acids is 1. The minimum Gasteiger partial charge on any atom is -0.545 e. The molecule has 0 atom stereocenters. The lowest BCUT2D eigenvalue weighted by Crippen LogP contribution is -2.21. The van der Waals surface area contributed by atoms with E-state index in [1.54, 1.807) is 24.3 Å². The van der Waals surface area contributed by atoms with Crippen LogP contribution in [0.5, 0.6) is 0 Å². The van der Waals surface area contributed by atoms with Crippen LogP contribution in [0, 0.1) is 11.7 Å². The summed E-state index contributed by atoms with van der Waals surface area (Å²) in [5.74, 6) is -1.09. The van der Waals surface area contributed by atoms with Gasteiger partial charge in [0.15, 0.2) is 0 Å². The van der Waals surface area contributed by atoms with E-state index in [4.69, 9.17) is 0 Å². The van der Waals surface area contributed by atoms with Gasteiger partial charge < -0.3 is 9.90 Å². The molecule has 0 heterocycles. The molecule has 0 spiro atoms. The molecule has 0 aliphatic heterocycles. The highest BCUT2D eigenvalue weighted by atomic mass is 19.1. The molecule has 0 aromatic heterocycles. The number of carbonyl (C=O) groups excluding carboxylic acids is 1. The van der Waals surface area contributed by atoms with E-state index in [-0.39, 0.29) is 11.4 Å². The monoisotopic (exact) mass is 297 g/mol. The maximum atomic E-state index is 13.0. The van der Waals surface area contributed by atoms with Crippen molar-refractivity contribution in [3.63, 3.8) is 0 Å². The van der Waals surface area contributed by atoms with E-state index in [9.17, 15) is 14.3 Å². The lowest BCUT2D eigenvalue weighted by atomic mass is 10.1. The first kappa shape index (κ1) is 14.3. The Morgan fingerprint density at radius 2 is 1.64 bits per heavy atom. The van der Waals surface area contributed by atoms with Crippen LogP contribution < -0.4 is 10.5 Å². The van der Waals surface area contributed by atoms with Gasteiger partial charge in [-0.15, -0.1) is 0 Å². The largest absolute Gasteiger partial charge is 0.545 e. The van der Waals surface area contributed by atoms with Crippen LogP contribution in [0.1, 0.15) is 28.8 Å². The fourth-order valence-corrected chi connectivity index (χ4v) is 2.17. The first-order chi connectivity index (χ1) is 10.6. The number of hydrogen-bond donors (Lipinski definition) is 1. The number of nitrogens with one attached hydrogen (secondary N) is 1. The lowest BCUT2D eigenvalue weighted by Gasteiger charge is -2.08. The number of aromatic carboxylic acids is 1. The van der Waals surface area contributed by atoms with Crippen LogP contribution >= 0.6 is 0 Å². The van der Waals surface area contributed by atoms with Gasteiger partial charge in [-0.2, -0.15) is 5.10 Å². The number of benzene rings is 2. The van der Waals surface area contributed by atoms with Gasteiger partial charge in [0.2, 0.25) is 0 Å². The molecule has 0 radical (unpaired) electrons. The fourth-order valence-electron chi connectivity index (χ4n) is 2.17. The van der Waals surface area contributed by atoms with E-state index < -0.39 is 5.97 Å². The van der Waals surface area contributed by atoms with Crippen LogP contribution in [0.4, 0.5) is 10.1 Å². The Labute approximate surface area is 127 Å². The summed E-state index contributed by atoms with van der Waals surface area (Å²) in [4.78, 5) is 10.7. The second kappa shape index (κ2) is 5.97. The number of hydrazone groups is 1. The smallest absolute Gasteiger partial charge is 0.123 e. The van der Waals surface area contributed by atoms with Gasteiger partial charge >= 0.3 is 0 Å². The molecule has 4 nitrogen and oxygen atoms in total. The molecule has 1 aliphatic carbocycles. The highest BCUT2D eigenvalue weighted by Gasteiger charge is 2.28. The Bertz CT molecular complexity index is 704. The molecule has 5 heteroatoms. The summed E-state index contributed by atoms with van der Waals surface area (Å²) in [6.07, 6.45) is 2.14. The average molecular weight is 297 g/mol. The molecule has 0 unspecified atom stereocenters. The summed E-state index contributed by atoms with van der Waals surface area (Å²) in [7, 11) is 0. The molecule has 0 saturated heterocycles. The third-order valence-corrected chi connectivity index (χ3v) is 3.53. The second-order valence-electron chi connectivity index (χ2n) is 5.25. The van der Waals surface area contributed by atoms with Crippen molar-refractivity contribution in [2.45, 2.75) is 12.8 Å². The summed E-state index contributed by atoms with van der Waals surface area (Å²) in [6, 6.07) is 12.4. The predicted molar refractivity (Wildman–Crippen MR) is 80.1 cm³/mol. The Morgan fingerprint density at radius 3 is 2.18 bits per heavy atom. The molecule has 1 fully saturated rings. The highest BCUT2D eigenvalue weighted by molar-refractivity contribution is 6.04. The SMILES string of the molecule is O=C([O-])c1ccc(N/N=C(/c2ccc(F)cc2)C2CC2)cc1. The van der Waals surface area contributed by atoms with Gasteiger partial charge in [0, 0.05) is 5.92 Å². The Hall–Kier alpha value is -2.69. The third-order valence-electron chi connectivity index (χ3n) is 3.53. The van der Waals surface area contributed by atoms with Crippen LogP contribution in [-0.4, -0.2) is 11.7 Å². The molecule has 1 saturated carbocycles. The van der Waals surface area contributed by atoms with Gasteiger partial charge in [0.1, 0.15) is 5.82 Å². The first-order valence-corrected chi connectivity index (χ1v) is 7.04. The second-order valence-corrected chi connectivity index (χ2v) is 5.25. The molecule has 2 aromatic carbocycles. The zero-order valence-corrected chi connectivity index (χ0v) is 11.8. The molecule has 2 aromatic rings. The zero-order valence-electron chi connectivity index (χ0n) is 11.8. The van der Waals surface area contributed by atoms with Gasteiger partial charge in [-0.1, -0.05) is 24.3 Å². The van der Waals surface area contributed by atoms with Crippen molar-refractivity contribution < 1.29 is 14.3 Å². The van der Waals surface area contributed by atoms with Crippen LogP contribution in [0.3, 0.4) is 0 Å². The van der Waals surface area contributed by atoms with Gasteiger partial charge in [0.25, 0.3) is 0 Å². The van der Waals surface area contributed by atoms with Crippen molar-refractivity contribution in [3.8, 4) is 0 Å². The number of halogens is 1. The molecular formula is C17H14FN2O2-. The van der Waals surface area contributed by atoms with Gasteiger partial charge in [-0.25, -0.2) is 4.39 Å². The lowest BCUT2D eigenvalue weighted by molar-refractivity contribution is -0.255. The summed E-state index contributed by atoms with van der Waals surface area (Å²) >= 11 is 0. The Kier molecular flexibility index (Phi) is 3.87. The Balaban J connectivity index is 1.78. The number of anilines is 1. The van der Waals surface area contributed by atoms with Crippen molar-refractivity contribution in [2.75, 3.05) is 5.43 Å². The van der Waals surface area contributed by atoms with Crippen LogP contribution in [0.2, 0.25) is 0 Å². The van der Waals surface area contributed by atoms with Crippen LogP contribution in [-0.2, 0) is 0 Å². The summed E-state index contributed by atoms with van der Waals surface area (Å²) in [5.41, 5.74) is 5.52. The maximum Gasteiger partial charge on any atom is 0.123 e. The zero-order chi connectivity index (χ0) is 15.5. The normalized spacial score (nSPS) is 14.7. The summed E-state index contributed by atoms with van der Waals surface area (Å²) in [6.45, 7) is 0. The van der Waals surface area contributed by atoms with E-state index in [2.05, 4.69) is 10.5 Å². The quantitative estimate of drug-likeness (QED) is 0.681. The molecule has 0 bridgehead atoms. The predicted octanol–water partition coefficient (Wildman–Crippen LogP) is 2.42. The molecule has 112 valence electrons. The van der Waals surface area contributed by atoms with Gasteiger partial charge in [-0.3, -0.25) is 5.43 Å². The molecule has 0 amide bonds. The van der Waals surface area contributed by atoms with Crippen molar-refractivity contribution in [1.29, 1.82) is 0 Å². The number of hydrogen-bond acceptors (Lipinski definition) is 4. The van der Waals surface area contributed by atoms with Crippen molar-refractivity contribution in [1.82, 2.24) is 0 Å². The number of nitrogens with zero attached hydrogens (tertiary/aromatic N) is 1. The third kappa shape index (κ3) is 3.31. The fraction of sp³-hybridized carbons (Fsp3) is 0.176. The Morgan fingerprint density at radius 1 is 1.05 bits per heavy atom. The van der Waals surface area contributed by atoms with Gasteiger partial charge in [-0.05, 0) is 48.2 Å². The first-order valence-electron chi connectivity index (χ1n) is 7.04. The molecule has 1 N–H and O–H groups in total. The van der Waals surface area contributed by atoms with Crippen LogP contribution in [0.25, 0.3) is 0 Å². The van der Waals surface area contributed by atoms with Gasteiger partial charge in [0.05, 0.1) is 17.4 Å². The van der Waals surface area contributed by atoms with Crippen molar-refractivity contribution in [3.05, 3.63) is 65.5 Å². The summed E-state index contributed by atoms with van der Waals surface area (Å²) in [5, 5.41) is 15.1. The van der Waals surface area contributed by atoms with E-state index in [1.807, 2.05) is 0 Å². The van der Waals surface area contributed by atoms with E-state index in [0.717, 1.165) is 24.1 Å². The highest BCUT2D eigenvalue weighted by Crippen LogP contribution is 2.33. The summed E-state index contributed by atoms with van der Waals surface area (Å²) < 4.78 is 13.0. The number of carboxylic acid groups (broad SMARTS) is 1. The van der Waals surface area contributed by atoms with Crippen molar-refractivity contribution in [2.24, 2.45) is 11.0 Å². The maximum absolute atomic E-state index is 13.0. The van der Waals surface area contributed by atoms with E-state index in [1.165, 1.54) is 24.3 Å². The minimum atomic E-state index is -1.21. The molecular weight excluding hydrogens is 283 g/mol. The standard InChI is InChI=1S/C17H15FN2O2/c18-14-7-3-12(4-8-14)16(11-1-2-11)20-19-15-9-5-13(6-10-15)17(21)22/h3-11,19H,1-2H2,(H,21,22)/p-1/b20-16+. The topological polar surface area (TPSA) is 64.5 Å². The average Bonchev–Trinajstić information content (AvgIpc) is 3.34. The number of rotatable bonds is 5. The van der Waals surface area contributed by atoms with E-state index >= 15 is 0 Å².